The molecule has 1 heterocycles. The minimum atomic E-state index is -0.507. The first-order valence-corrected chi connectivity index (χ1v) is 8.89. The summed E-state index contributed by atoms with van der Waals surface area (Å²) < 4.78 is 0. The predicted molar refractivity (Wildman–Crippen MR) is 94.8 cm³/mol. The maximum atomic E-state index is 11.1. The molecule has 122 valence electrons. The van der Waals surface area contributed by atoms with Gasteiger partial charge in [-0.2, -0.15) is 0 Å². The van der Waals surface area contributed by atoms with Gasteiger partial charge in [-0.3, -0.25) is 0 Å². The summed E-state index contributed by atoms with van der Waals surface area (Å²) in [7, 11) is 0. The van der Waals surface area contributed by atoms with Crippen LogP contribution in [0, 0.1) is 0 Å². The van der Waals surface area contributed by atoms with Crippen molar-refractivity contribution in [3.63, 3.8) is 0 Å². The van der Waals surface area contributed by atoms with Crippen molar-refractivity contribution in [3.8, 4) is 0 Å². The van der Waals surface area contributed by atoms with E-state index in [1.165, 1.54) is 16.3 Å². The zero-order valence-electron chi connectivity index (χ0n) is 13.7. The highest BCUT2D eigenvalue weighted by atomic mass is 16.3. The second-order valence-electron chi connectivity index (χ2n) is 7.17. The number of nitrogens with zero attached hydrogens (tertiary/aromatic N) is 1. The van der Waals surface area contributed by atoms with Crippen molar-refractivity contribution in [2.24, 2.45) is 0 Å². The summed E-state index contributed by atoms with van der Waals surface area (Å²) in [6, 6.07) is 15.2. The second kappa shape index (κ2) is 6.23. The standard InChI is InChI=1S/C20H26N2O/c23-20(8-3-9-20)19(15-22-12-10-21-11-13-22)18-7-6-16-4-1-2-5-17(16)14-18/h1-2,4-7,14,19,21,23H,3,8-13,15H2. The minimum Gasteiger partial charge on any atom is -0.389 e. The summed E-state index contributed by atoms with van der Waals surface area (Å²) >= 11 is 0. The summed E-state index contributed by atoms with van der Waals surface area (Å²) in [5.74, 6) is 0.221. The van der Waals surface area contributed by atoms with E-state index in [0.717, 1.165) is 52.0 Å². The number of rotatable bonds is 4. The zero-order chi connectivity index (χ0) is 15.7. The first kappa shape index (κ1) is 15.1. The van der Waals surface area contributed by atoms with Crippen molar-refractivity contribution in [2.75, 3.05) is 32.7 Å². The Morgan fingerprint density at radius 3 is 2.48 bits per heavy atom. The lowest BCUT2D eigenvalue weighted by atomic mass is 9.68. The second-order valence-corrected chi connectivity index (χ2v) is 7.17. The van der Waals surface area contributed by atoms with Crippen molar-refractivity contribution >= 4 is 10.8 Å². The highest BCUT2D eigenvalue weighted by Crippen LogP contribution is 2.44. The molecule has 2 fully saturated rings. The van der Waals surface area contributed by atoms with Gasteiger partial charge in [-0.25, -0.2) is 0 Å². The summed E-state index contributed by atoms with van der Waals surface area (Å²) in [6.07, 6.45) is 3.04. The molecule has 3 nitrogen and oxygen atoms in total. The molecule has 2 aromatic carbocycles. The summed E-state index contributed by atoms with van der Waals surface area (Å²) in [6.45, 7) is 5.25. The highest BCUT2D eigenvalue weighted by molar-refractivity contribution is 5.83. The normalized spacial score (nSPS) is 22.7. The number of benzene rings is 2. The third-order valence-electron chi connectivity index (χ3n) is 5.69. The fourth-order valence-electron chi connectivity index (χ4n) is 4.05. The molecule has 2 aromatic rings. The summed E-state index contributed by atoms with van der Waals surface area (Å²) in [5.41, 5.74) is 0.789. The van der Waals surface area contributed by atoms with Crippen LogP contribution in [0.15, 0.2) is 42.5 Å². The Balaban J connectivity index is 1.65. The van der Waals surface area contributed by atoms with Gasteiger partial charge in [0.05, 0.1) is 5.60 Å². The average molecular weight is 310 g/mol. The number of piperazine rings is 1. The van der Waals surface area contributed by atoms with E-state index in [1.807, 2.05) is 0 Å². The van der Waals surface area contributed by atoms with Gasteiger partial charge in [-0.05, 0) is 35.6 Å². The molecular weight excluding hydrogens is 284 g/mol. The van der Waals surface area contributed by atoms with Crippen LogP contribution in [0.25, 0.3) is 10.8 Å². The Hall–Kier alpha value is -1.42. The topological polar surface area (TPSA) is 35.5 Å². The molecule has 23 heavy (non-hydrogen) atoms. The number of hydrogen-bond donors (Lipinski definition) is 2. The molecule has 2 N–H and O–H groups in total. The molecule has 0 spiro atoms. The molecule has 2 aliphatic rings. The predicted octanol–water partition coefficient (Wildman–Crippen LogP) is 2.74. The molecule has 1 unspecified atom stereocenters. The fourth-order valence-corrected chi connectivity index (χ4v) is 4.05. The summed E-state index contributed by atoms with van der Waals surface area (Å²) in [5, 5.41) is 17.0. The van der Waals surface area contributed by atoms with Crippen LogP contribution in [0.1, 0.15) is 30.7 Å². The molecule has 1 aliphatic carbocycles. The lowest BCUT2D eigenvalue weighted by Crippen LogP contribution is -2.51. The van der Waals surface area contributed by atoms with E-state index in [4.69, 9.17) is 0 Å². The maximum Gasteiger partial charge on any atom is 0.0728 e. The van der Waals surface area contributed by atoms with Gasteiger partial charge in [-0.15, -0.1) is 0 Å². The van der Waals surface area contributed by atoms with Gasteiger partial charge in [0, 0.05) is 38.6 Å². The Bertz CT molecular complexity index is 674. The van der Waals surface area contributed by atoms with Gasteiger partial charge in [0.2, 0.25) is 0 Å². The van der Waals surface area contributed by atoms with E-state index < -0.39 is 5.60 Å². The number of fused-ring (bicyclic) bond motifs is 1. The van der Waals surface area contributed by atoms with E-state index in [2.05, 4.69) is 52.7 Å². The Morgan fingerprint density at radius 2 is 1.78 bits per heavy atom. The quantitative estimate of drug-likeness (QED) is 0.911. The molecular formula is C20H26N2O. The number of hydrogen-bond acceptors (Lipinski definition) is 3. The third kappa shape index (κ3) is 3.01. The van der Waals surface area contributed by atoms with Crippen molar-refractivity contribution in [3.05, 3.63) is 48.0 Å². The average Bonchev–Trinajstić information content (AvgIpc) is 2.58. The molecule has 0 amide bonds. The van der Waals surface area contributed by atoms with Gasteiger partial charge in [0.15, 0.2) is 0 Å². The van der Waals surface area contributed by atoms with E-state index in [0.29, 0.717) is 0 Å². The lowest BCUT2D eigenvalue weighted by molar-refractivity contribution is -0.0651. The van der Waals surface area contributed by atoms with Crippen LogP contribution in [0.3, 0.4) is 0 Å². The summed E-state index contributed by atoms with van der Waals surface area (Å²) in [4.78, 5) is 2.51. The highest BCUT2D eigenvalue weighted by Gasteiger charge is 2.43. The van der Waals surface area contributed by atoms with Crippen molar-refractivity contribution in [2.45, 2.75) is 30.8 Å². The van der Waals surface area contributed by atoms with Crippen LogP contribution in [-0.2, 0) is 0 Å². The van der Waals surface area contributed by atoms with Crippen molar-refractivity contribution < 1.29 is 5.11 Å². The lowest BCUT2D eigenvalue weighted by Gasteiger charge is -2.46. The molecule has 0 bridgehead atoms. The molecule has 1 saturated carbocycles. The first-order valence-electron chi connectivity index (χ1n) is 8.89. The monoisotopic (exact) mass is 310 g/mol. The van der Waals surface area contributed by atoms with E-state index in [-0.39, 0.29) is 5.92 Å². The fraction of sp³-hybridized carbons (Fsp3) is 0.500. The molecule has 1 saturated heterocycles. The Morgan fingerprint density at radius 1 is 1.04 bits per heavy atom. The zero-order valence-corrected chi connectivity index (χ0v) is 13.7. The first-order chi connectivity index (χ1) is 11.2. The van der Waals surface area contributed by atoms with Crippen LogP contribution >= 0.6 is 0 Å². The van der Waals surface area contributed by atoms with Crippen LogP contribution < -0.4 is 5.32 Å². The van der Waals surface area contributed by atoms with Gasteiger partial charge in [0.1, 0.15) is 0 Å². The van der Waals surface area contributed by atoms with Gasteiger partial charge < -0.3 is 15.3 Å². The van der Waals surface area contributed by atoms with Gasteiger partial charge in [-0.1, -0.05) is 42.5 Å². The Labute approximate surface area is 138 Å². The number of nitrogens with one attached hydrogen (secondary N) is 1. The van der Waals surface area contributed by atoms with E-state index in [9.17, 15) is 5.11 Å². The smallest absolute Gasteiger partial charge is 0.0728 e. The molecule has 1 atom stereocenters. The molecule has 4 rings (SSSR count). The third-order valence-corrected chi connectivity index (χ3v) is 5.69. The van der Waals surface area contributed by atoms with Crippen LogP contribution in [0.4, 0.5) is 0 Å². The van der Waals surface area contributed by atoms with Crippen LogP contribution in [0.5, 0.6) is 0 Å². The molecule has 3 heteroatoms. The largest absolute Gasteiger partial charge is 0.389 e. The number of aliphatic hydroxyl groups is 1. The Kier molecular flexibility index (Phi) is 4.10. The SMILES string of the molecule is OC1(C(CN2CCNCC2)c2ccc3ccccc3c2)CCC1. The minimum absolute atomic E-state index is 0.221. The van der Waals surface area contributed by atoms with Gasteiger partial charge in [0.25, 0.3) is 0 Å². The molecule has 0 aromatic heterocycles. The molecule has 1 aliphatic heterocycles. The van der Waals surface area contributed by atoms with E-state index in [1.54, 1.807) is 0 Å². The van der Waals surface area contributed by atoms with Gasteiger partial charge >= 0.3 is 0 Å². The van der Waals surface area contributed by atoms with Crippen molar-refractivity contribution in [1.82, 2.24) is 10.2 Å². The van der Waals surface area contributed by atoms with Crippen LogP contribution in [-0.4, -0.2) is 48.3 Å². The van der Waals surface area contributed by atoms with Crippen LogP contribution in [0.2, 0.25) is 0 Å². The van der Waals surface area contributed by atoms with E-state index >= 15 is 0 Å². The van der Waals surface area contributed by atoms with Crippen molar-refractivity contribution in [1.29, 1.82) is 0 Å². The molecule has 0 radical (unpaired) electrons. The maximum absolute atomic E-state index is 11.1.